The highest BCUT2D eigenvalue weighted by Gasteiger charge is 2.29. The SMILES string of the molecule is CCCCCCCCCCCCCCCCCCOCC1OCC(COC(=O)N(Cc2cccc[n+]2C)C(C)=O)O1. The van der Waals surface area contributed by atoms with Crippen molar-refractivity contribution in [3.63, 3.8) is 0 Å². The molecule has 0 bridgehead atoms. The van der Waals surface area contributed by atoms with Crippen LogP contribution >= 0.6 is 0 Å². The topological polar surface area (TPSA) is 78.2 Å². The minimum atomic E-state index is -0.687. The second kappa shape index (κ2) is 22.6. The van der Waals surface area contributed by atoms with Gasteiger partial charge < -0.3 is 18.9 Å². The molecule has 0 saturated carbocycles. The number of ether oxygens (including phenoxy) is 4. The molecular formula is C33H57N2O6+. The molecule has 2 unspecified atom stereocenters. The third kappa shape index (κ3) is 16.3. The van der Waals surface area contributed by atoms with Crippen LogP contribution in [0.25, 0.3) is 0 Å². The standard InChI is InChI=1S/C33H57N2O6/c1-4-5-6-7-8-9-10-11-12-13-14-15-16-17-18-21-24-38-28-32-39-26-31(41-32)27-40-33(37)35(29(2)36)25-30-22-19-20-23-34(30)3/h19-20,22-23,31-32H,4-18,21,24-28H2,1-3H3/q+1. The Morgan fingerprint density at radius 2 is 1.46 bits per heavy atom. The highest BCUT2D eigenvalue weighted by atomic mass is 16.7. The molecule has 1 aliphatic heterocycles. The van der Waals surface area contributed by atoms with E-state index in [9.17, 15) is 9.59 Å². The summed E-state index contributed by atoms with van der Waals surface area (Å²) in [6.45, 7) is 5.20. The molecule has 0 spiro atoms. The van der Waals surface area contributed by atoms with Crippen LogP contribution in [0.5, 0.6) is 0 Å². The summed E-state index contributed by atoms with van der Waals surface area (Å²) in [5, 5.41) is 0. The summed E-state index contributed by atoms with van der Waals surface area (Å²) in [6.07, 6.45) is 22.0. The summed E-state index contributed by atoms with van der Waals surface area (Å²) in [6, 6.07) is 5.62. The molecule has 1 fully saturated rings. The van der Waals surface area contributed by atoms with E-state index in [-0.39, 0.29) is 25.2 Å². The number of pyridine rings is 1. The van der Waals surface area contributed by atoms with Crippen molar-refractivity contribution in [2.24, 2.45) is 7.05 Å². The van der Waals surface area contributed by atoms with Crippen LogP contribution in [0.4, 0.5) is 4.79 Å². The van der Waals surface area contributed by atoms with E-state index in [2.05, 4.69) is 6.92 Å². The van der Waals surface area contributed by atoms with Gasteiger partial charge in [0.25, 0.3) is 0 Å². The van der Waals surface area contributed by atoms with E-state index in [0.29, 0.717) is 19.8 Å². The van der Waals surface area contributed by atoms with Gasteiger partial charge in [-0.3, -0.25) is 4.79 Å². The van der Waals surface area contributed by atoms with Gasteiger partial charge in [-0.2, -0.15) is 0 Å². The molecule has 2 heterocycles. The number of amides is 2. The third-order valence-electron chi connectivity index (χ3n) is 7.68. The second-order valence-corrected chi connectivity index (χ2v) is 11.4. The number of nitrogens with zero attached hydrogens (tertiary/aromatic N) is 2. The molecule has 1 saturated heterocycles. The van der Waals surface area contributed by atoms with Crippen LogP contribution in [0.2, 0.25) is 0 Å². The molecule has 0 radical (unpaired) electrons. The Hall–Kier alpha value is -2.03. The molecule has 1 aromatic heterocycles. The molecule has 1 aliphatic rings. The van der Waals surface area contributed by atoms with Crippen molar-refractivity contribution in [1.29, 1.82) is 0 Å². The lowest BCUT2D eigenvalue weighted by Gasteiger charge is -2.18. The van der Waals surface area contributed by atoms with E-state index >= 15 is 0 Å². The first-order chi connectivity index (χ1) is 20.0. The number of carbonyl (C=O) groups is 2. The van der Waals surface area contributed by atoms with Gasteiger partial charge in [0.1, 0.15) is 26.3 Å². The summed E-state index contributed by atoms with van der Waals surface area (Å²) in [4.78, 5) is 25.7. The molecule has 0 aromatic carbocycles. The summed E-state index contributed by atoms with van der Waals surface area (Å²) in [5.41, 5.74) is 0.821. The maximum atomic E-state index is 12.5. The lowest BCUT2D eigenvalue weighted by molar-refractivity contribution is -0.679. The second-order valence-electron chi connectivity index (χ2n) is 11.4. The van der Waals surface area contributed by atoms with Gasteiger partial charge in [-0.25, -0.2) is 14.3 Å². The molecule has 1 aromatic rings. The highest BCUT2D eigenvalue weighted by molar-refractivity contribution is 5.90. The fourth-order valence-electron chi connectivity index (χ4n) is 5.05. The fraction of sp³-hybridized carbons (Fsp3) is 0.788. The molecule has 234 valence electrons. The minimum absolute atomic E-state index is 0.0269. The van der Waals surface area contributed by atoms with Gasteiger partial charge in [0.05, 0.1) is 13.2 Å². The highest BCUT2D eigenvalue weighted by Crippen LogP contribution is 2.15. The monoisotopic (exact) mass is 577 g/mol. The van der Waals surface area contributed by atoms with Gasteiger partial charge in [0.2, 0.25) is 11.6 Å². The van der Waals surface area contributed by atoms with Gasteiger partial charge in [-0.1, -0.05) is 109 Å². The summed E-state index contributed by atoms with van der Waals surface area (Å²) in [7, 11) is 1.87. The van der Waals surface area contributed by atoms with Crippen LogP contribution < -0.4 is 4.57 Å². The van der Waals surface area contributed by atoms with E-state index in [1.807, 2.05) is 36.0 Å². The minimum Gasteiger partial charge on any atom is -0.446 e. The predicted molar refractivity (Wildman–Crippen MR) is 160 cm³/mol. The fourth-order valence-corrected chi connectivity index (χ4v) is 5.05. The van der Waals surface area contributed by atoms with Crippen LogP contribution in [0.3, 0.4) is 0 Å². The summed E-state index contributed by atoms with van der Waals surface area (Å²) < 4.78 is 24.4. The quantitative estimate of drug-likeness (QED) is 0.103. The molecular weight excluding hydrogens is 520 g/mol. The molecule has 2 amide bonds. The lowest BCUT2D eigenvalue weighted by Crippen LogP contribution is -2.42. The Morgan fingerprint density at radius 1 is 0.878 bits per heavy atom. The van der Waals surface area contributed by atoms with Crippen molar-refractivity contribution in [3.8, 4) is 0 Å². The van der Waals surface area contributed by atoms with Crippen molar-refractivity contribution in [1.82, 2.24) is 4.90 Å². The van der Waals surface area contributed by atoms with Gasteiger partial charge in [0, 0.05) is 25.7 Å². The molecule has 41 heavy (non-hydrogen) atoms. The Labute approximate surface area is 249 Å². The Kier molecular flexibility index (Phi) is 19.3. The van der Waals surface area contributed by atoms with E-state index < -0.39 is 12.4 Å². The molecule has 0 aliphatic carbocycles. The number of rotatable bonds is 23. The Balaban J connectivity index is 1.40. The number of unbranched alkanes of at least 4 members (excludes halogenated alkanes) is 15. The number of hydrogen-bond acceptors (Lipinski definition) is 6. The molecule has 2 atom stereocenters. The number of aryl methyl sites for hydroxylation is 1. The van der Waals surface area contributed by atoms with Gasteiger partial charge in [-0.15, -0.1) is 0 Å². The van der Waals surface area contributed by atoms with Gasteiger partial charge in [-0.05, 0) is 6.42 Å². The van der Waals surface area contributed by atoms with Crippen molar-refractivity contribution in [2.45, 2.75) is 136 Å². The van der Waals surface area contributed by atoms with Crippen LogP contribution in [-0.2, 0) is 37.3 Å². The van der Waals surface area contributed by atoms with Gasteiger partial charge >= 0.3 is 6.09 Å². The average molecular weight is 578 g/mol. The van der Waals surface area contributed by atoms with Crippen molar-refractivity contribution >= 4 is 12.0 Å². The molecule has 0 N–H and O–H groups in total. The molecule has 8 heteroatoms. The van der Waals surface area contributed by atoms with Crippen LogP contribution in [0, 0.1) is 0 Å². The zero-order valence-corrected chi connectivity index (χ0v) is 26.2. The largest absolute Gasteiger partial charge is 0.446 e. The van der Waals surface area contributed by atoms with Crippen molar-refractivity contribution in [2.75, 3.05) is 26.4 Å². The van der Waals surface area contributed by atoms with E-state index in [1.54, 1.807) is 0 Å². The summed E-state index contributed by atoms with van der Waals surface area (Å²) >= 11 is 0. The molecule has 2 rings (SSSR count). The number of carbonyl (C=O) groups excluding carboxylic acids is 2. The first-order valence-corrected chi connectivity index (χ1v) is 16.2. The van der Waals surface area contributed by atoms with Crippen LogP contribution in [-0.4, -0.2) is 55.7 Å². The van der Waals surface area contributed by atoms with E-state index in [0.717, 1.165) is 17.0 Å². The van der Waals surface area contributed by atoms with E-state index in [1.165, 1.54) is 103 Å². The van der Waals surface area contributed by atoms with Gasteiger partial charge in [0.15, 0.2) is 12.5 Å². The lowest BCUT2D eigenvalue weighted by atomic mass is 10.0. The summed E-state index contributed by atoms with van der Waals surface area (Å²) in [5.74, 6) is -0.372. The number of aromatic nitrogens is 1. The first-order valence-electron chi connectivity index (χ1n) is 16.2. The zero-order valence-electron chi connectivity index (χ0n) is 26.2. The van der Waals surface area contributed by atoms with Crippen molar-refractivity contribution in [3.05, 3.63) is 30.1 Å². The van der Waals surface area contributed by atoms with Crippen LogP contribution in [0.15, 0.2) is 24.4 Å². The number of imide groups is 1. The van der Waals surface area contributed by atoms with E-state index in [4.69, 9.17) is 18.9 Å². The Bertz CT molecular complexity index is 836. The zero-order chi connectivity index (χ0) is 29.5. The number of hydrogen-bond donors (Lipinski definition) is 0. The Morgan fingerprint density at radius 3 is 2.02 bits per heavy atom. The maximum Gasteiger partial charge on any atom is 0.417 e. The average Bonchev–Trinajstić information content (AvgIpc) is 3.42. The molecule has 8 nitrogen and oxygen atoms in total. The van der Waals surface area contributed by atoms with Crippen LogP contribution in [0.1, 0.15) is 122 Å². The normalized spacial score (nSPS) is 16.7. The first kappa shape index (κ1) is 35.2. The third-order valence-corrected chi connectivity index (χ3v) is 7.68. The predicted octanol–water partition coefficient (Wildman–Crippen LogP) is 7.02. The smallest absolute Gasteiger partial charge is 0.417 e. The maximum absolute atomic E-state index is 12.5. The van der Waals surface area contributed by atoms with Crippen molar-refractivity contribution < 1.29 is 33.1 Å².